The van der Waals surface area contributed by atoms with E-state index < -0.39 is 11.7 Å². The molecule has 2 N–H and O–H groups in total. The molecule has 7 heteroatoms. The molecular weight excluding hydrogens is 260 g/mol. The summed E-state index contributed by atoms with van der Waals surface area (Å²) in [6.07, 6.45) is -0.514. The average Bonchev–Trinajstić information content (AvgIpc) is 2.61. The summed E-state index contributed by atoms with van der Waals surface area (Å²) in [7, 11) is 1.34. The van der Waals surface area contributed by atoms with Crippen LogP contribution in [0.3, 0.4) is 0 Å². The van der Waals surface area contributed by atoms with Crippen LogP contribution in [0.4, 0.5) is 4.79 Å². The Hall–Kier alpha value is -1.01. The second kappa shape index (κ2) is 6.80. The van der Waals surface area contributed by atoms with Gasteiger partial charge in [0.1, 0.15) is 5.60 Å². The molecule has 6 nitrogen and oxygen atoms in total. The van der Waals surface area contributed by atoms with Gasteiger partial charge in [-0.1, -0.05) is 0 Å². The van der Waals surface area contributed by atoms with Gasteiger partial charge in [0, 0.05) is 13.1 Å². The summed E-state index contributed by atoms with van der Waals surface area (Å²) in [6.45, 7) is 6.41. The highest BCUT2D eigenvalue weighted by Gasteiger charge is 2.35. The number of nitrogens with one attached hydrogen (secondary N) is 2. The SMILES string of the molecule is COC(=O)[C@@H]1CNC[C@H]1NC(=O)OC(C)(C)C.Cl. The van der Waals surface area contributed by atoms with Crippen LogP contribution in [0.15, 0.2) is 0 Å². The Morgan fingerprint density at radius 3 is 2.39 bits per heavy atom. The third kappa shape index (κ3) is 5.10. The smallest absolute Gasteiger partial charge is 0.407 e. The fourth-order valence-electron chi connectivity index (χ4n) is 1.69. The number of esters is 1. The van der Waals surface area contributed by atoms with Crippen molar-refractivity contribution >= 4 is 24.5 Å². The van der Waals surface area contributed by atoms with Gasteiger partial charge < -0.3 is 20.1 Å². The summed E-state index contributed by atoms with van der Waals surface area (Å²) in [5, 5.41) is 5.71. The second-order valence-electron chi connectivity index (χ2n) is 5.04. The predicted octanol–water partition coefficient (Wildman–Crippen LogP) is 0.694. The lowest BCUT2D eigenvalue weighted by Crippen LogP contribution is -2.45. The molecule has 0 saturated carbocycles. The van der Waals surface area contributed by atoms with Crippen LogP contribution in [-0.2, 0) is 14.3 Å². The summed E-state index contributed by atoms with van der Waals surface area (Å²) in [4.78, 5) is 23.0. The Morgan fingerprint density at radius 2 is 1.89 bits per heavy atom. The molecule has 0 aliphatic carbocycles. The van der Waals surface area contributed by atoms with Crippen LogP contribution in [0.1, 0.15) is 20.8 Å². The normalized spacial score (nSPS) is 22.9. The van der Waals surface area contributed by atoms with Crippen molar-refractivity contribution in [2.45, 2.75) is 32.4 Å². The van der Waals surface area contributed by atoms with E-state index in [0.29, 0.717) is 13.1 Å². The molecule has 0 radical (unpaired) electrons. The molecule has 0 bridgehead atoms. The topological polar surface area (TPSA) is 76.7 Å². The molecule has 1 heterocycles. The van der Waals surface area contributed by atoms with Crippen molar-refractivity contribution in [3.05, 3.63) is 0 Å². The third-order valence-electron chi connectivity index (χ3n) is 2.42. The molecule has 18 heavy (non-hydrogen) atoms. The zero-order valence-corrected chi connectivity index (χ0v) is 11.9. The zero-order valence-electron chi connectivity index (χ0n) is 11.1. The summed E-state index contributed by atoms with van der Waals surface area (Å²) in [5.74, 6) is -0.677. The first-order valence-corrected chi connectivity index (χ1v) is 5.61. The molecule has 0 unspecified atom stereocenters. The standard InChI is InChI=1S/C11H20N2O4.ClH/c1-11(2,3)17-10(15)13-8-6-12-5-7(8)9(14)16-4;/h7-8,12H,5-6H2,1-4H3,(H,13,15);1H/t7-,8-;/m1./s1. The van der Waals surface area contributed by atoms with Gasteiger partial charge in [-0.05, 0) is 20.8 Å². The van der Waals surface area contributed by atoms with E-state index in [1.807, 2.05) is 0 Å². The zero-order chi connectivity index (χ0) is 13.1. The Kier molecular flexibility index (Phi) is 6.42. The van der Waals surface area contributed by atoms with Gasteiger partial charge in [-0.15, -0.1) is 12.4 Å². The van der Waals surface area contributed by atoms with E-state index in [2.05, 4.69) is 15.4 Å². The molecule has 1 aliphatic rings. The monoisotopic (exact) mass is 280 g/mol. The van der Waals surface area contributed by atoms with Gasteiger partial charge >= 0.3 is 12.1 Å². The van der Waals surface area contributed by atoms with Crippen molar-refractivity contribution in [2.24, 2.45) is 5.92 Å². The first-order valence-electron chi connectivity index (χ1n) is 5.61. The van der Waals surface area contributed by atoms with Crippen molar-refractivity contribution in [1.82, 2.24) is 10.6 Å². The minimum atomic E-state index is -0.545. The minimum absolute atomic E-state index is 0. The molecule has 0 aromatic carbocycles. The number of carbonyl (C=O) groups is 2. The number of hydrogen-bond acceptors (Lipinski definition) is 5. The van der Waals surface area contributed by atoms with E-state index in [0.717, 1.165) is 0 Å². The first kappa shape index (κ1) is 17.0. The molecule has 1 aliphatic heterocycles. The maximum atomic E-state index is 11.6. The highest BCUT2D eigenvalue weighted by Crippen LogP contribution is 2.12. The van der Waals surface area contributed by atoms with Gasteiger partial charge in [0.2, 0.25) is 0 Å². The number of rotatable bonds is 2. The van der Waals surface area contributed by atoms with Crippen molar-refractivity contribution in [1.29, 1.82) is 0 Å². The average molecular weight is 281 g/mol. The molecule has 0 spiro atoms. The Bertz CT molecular complexity index is 304. The molecule has 2 atom stereocenters. The van der Waals surface area contributed by atoms with E-state index >= 15 is 0 Å². The third-order valence-corrected chi connectivity index (χ3v) is 2.42. The van der Waals surface area contributed by atoms with E-state index in [9.17, 15) is 9.59 Å². The van der Waals surface area contributed by atoms with E-state index in [-0.39, 0.29) is 30.3 Å². The fraction of sp³-hybridized carbons (Fsp3) is 0.818. The lowest BCUT2D eigenvalue weighted by atomic mass is 10.0. The molecule has 1 rings (SSSR count). The van der Waals surface area contributed by atoms with Gasteiger partial charge in [-0.3, -0.25) is 4.79 Å². The van der Waals surface area contributed by atoms with Crippen LogP contribution in [0, 0.1) is 5.92 Å². The molecule has 0 aromatic rings. The molecule has 0 aromatic heterocycles. The summed E-state index contributed by atoms with van der Waals surface area (Å²) < 4.78 is 9.81. The maximum absolute atomic E-state index is 11.6. The van der Waals surface area contributed by atoms with Crippen molar-refractivity contribution < 1.29 is 19.1 Å². The predicted molar refractivity (Wildman–Crippen MR) is 68.8 cm³/mol. The van der Waals surface area contributed by atoms with Gasteiger partial charge in [0.15, 0.2) is 0 Å². The van der Waals surface area contributed by atoms with Crippen LogP contribution < -0.4 is 10.6 Å². The number of ether oxygens (including phenoxy) is 2. The number of halogens is 1. The highest BCUT2D eigenvalue weighted by molar-refractivity contribution is 5.85. The number of alkyl carbamates (subject to hydrolysis) is 1. The van der Waals surface area contributed by atoms with Crippen LogP contribution >= 0.6 is 12.4 Å². The van der Waals surface area contributed by atoms with Gasteiger partial charge in [0.05, 0.1) is 19.1 Å². The van der Waals surface area contributed by atoms with Crippen LogP contribution in [0.25, 0.3) is 0 Å². The Balaban J connectivity index is 0.00000289. The number of hydrogen-bond donors (Lipinski definition) is 2. The fourth-order valence-corrected chi connectivity index (χ4v) is 1.69. The van der Waals surface area contributed by atoms with Gasteiger partial charge in [-0.2, -0.15) is 0 Å². The second-order valence-corrected chi connectivity index (χ2v) is 5.04. The summed E-state index contributed by atoms with van der Waals surface area (Å²) in [6, 6.07) is -0.280. The van der Waals surface area contributed by atoms with Gasteiger partial charge in [-0.25, -0.2) is 4.79 Å². The first-order chi connectivity index (χ1) is 7.83. The number of methoxy groups -OCH3 is 1. The van der Waals surface area contributed by atoms with Crippen molar-refractivity contribution in [3.8, 4) is 0 Å². The van der Waals surface area contributed by atoms with Crippen molar-refractivity contribution in [2.75, 3.05) is 20.2 Å². The van der Waals surface area contributed by atoms with Gasteiger partial charge in [0.25, 0.3) is 0 Å². The van der Waals surface area contributed by atoms with E-state index in [1.54, 1.807) is 20.8 Å². The Morgan fingerprint density at radius 1 is 1.28 bits per heavy atom. The summed E-state index contributed by atoms with van der Waals surface area (Å²) >= 11 is 0. The molecular formula is C11H21ClN2O4. The quantitative estimate of drug-likeness (QED) is 0.728. The molecule has 1 saturated heterocycles. The van der Waals surface area contributed by atoms with E-state index in [4.69, 9.17) is 4.74 Å². The lowest BCUT2D eigenvalue weighted by molar-refractivity contribution is -0.145. The molecule has 1 fully saturated rings. The number of carbonyl (C=O) groups excluding carboxylic acids is 2. The lowest BCUT2D eigenvalue weighted by Gasteiger charge is -2.23. The van der Waals surface area contributed by atoms with Crippen LogP contribution in [0.2, 0.25) is 0 Å². The molecule has 1 amide bonds. The minimum Gasteiger partial charge on any atom is -0.469 e. The number of amides is 1. The largest absolute Gasteiger partial charge is 0.469 e. The molecule has 106 valence electrons. The Labute approximate surface area is 113 Å². The highest BCUT2D eigenvalue weighted by atomic mass is 35.5. The van der Waals surface area contributed by atoms with Crippen LogP contribution in [0.5, 0.6) is 0 Å². The van der Waals surface area contributed by atoms with Crippen molar-refractivity contribution in [3.63, 3.8) is 0 Å². The summed E-state index contributed by atoms with van der Waals surface area (Å²) in [5.41, 5.74) is -0.545. The van der Waals surface area contributed by atoms with Crippen LogP contribution in [-0.4, -0.2) is 43.9 Å². The van der Waals surface area contributed by atoms with E-state index in [1.165, 1.54) is 7.11 Å². The maximum Gasteiger partial charge on any atom is 0.407 e.